The molecule has 2 aliphatic rings. The molecular weight excluding hydrogens is 196 g/mol. The van der Waals surface area contributed by atoms with E-state index in [0.717, 1.165) is 18.5 Å². The third kappa shape index (κ3) is 2.98. The summed E-state index contributed by atoms with van der Waals surface area (Å²) in [4.78, 5) is 2.76. The predicted octanol–water partition coefficient (Wildman–Crippen LogP) is 2.63. The van der Waals surface area contributed by atoms with Gasteiger partial charge >= 0.3 is 0 Å². The van der Waals surface area contributed by atoms with Crippen LogP contribution < -0.4 is 5.73 Å². The Morgan fingerprint density at radius 1 is 1.25 bits per heavy atom. The zero-order valence-corrected chi connectivity index (χ0v) is 11.0. The van der Waals surface area contributed by atoms with Gasteiger partial charge in [0.2, 0.25) is 0 Å². The third-order valence-electron chi connectivity index (χ3n) is 4.37. The normalized spacial score (nSPS) is 24.6. The van der Waals surface area contributed by atoms with Gasteiger partial charge in [0.05, 0.1) is 0 Å². The van der Waals surface area contributed by atoms with Crippen LogP contribution in [0.3, 0.4) is 0 Å². The molecule has 2 saturated carbocycles. The van der Waals surface area contributed by atoms with Crippen molar-refractivity contribution in [2.45, 2.75) is 58.4 Å². The van der Waals surface area contributed by atoms with Gasteiger partial charge < -0.3 is 5.73 Å². The summed E-state index contributed by atoms with van der Waals surface area (Å²) in [5.74, 6) is 0.786. The highest BCUT2D eigenvalue weighted by Gasteiger charge is 2.43. The number of hydrogen-bond acceptors (Lipinski definition) is 2. The molecule has 0 radical (unpaired) electrons. The minimum Gasteiger partial charge on any atom is -0.330 e. The molecule has 2 nitrogen and oxygen atoms in total. The van der Waals surface area contributed by atoms with E-state index in [9.17, 15) is 0 Å². The monoisotopic (exact) mass is 224 g/mol. The van der Waals surface area contributed by atoms with Gasteiger partial charge in [-0.15, -0.1) is 0 Å². The van der Waals surface area contributed by atoms with E-state index in [4.69, 9.17) is 5.73 Å². The molecule has 0 unspecified atom stereocenters. The van der Waals surface area contributed by atoms with Gasteiger partial charge in [0.15, 0.2) is 0 Å². The fraction of sp³-hybridized carbons (Fsp3) is 1.00. The van der Waals surface area contributed by atoms with E-state index in [0.29, 0.717) is 5.41 Å². The average molecular weight is 224 g/mol. The van der Waals surface area contributed by atoms with Crippen molar-refractivity contribution in [2.24, 2.45) is 17.1 Å². The molecule has 0 saturated heterocycles. The zero-order valence-electron chi connectivity index (χ0n) is 11.0. The SMILES string of the molecule is CC(C)CN(CC1(CN)CC1)C1CCCC1. The second-order valence-electron chi connectivity index (χ2n) is 6.47. The summed E-state index contributed by atoms with van der Waals surface area (Å²) in [7, 11) is 0. The maximum absolute atomic E-state index is 5.92. The van der Waals surface area contributed by atoms with Crippen molar-refractivity contribution >= 4 is 0 Å². The van der Waals surface area contributed by atoms with Gasteiger partial charge in [0, 0.05) is 19.1 Å². The first-order valence-electron chi connectivity index (χ1n) is 7.09. The molecule has 0 aromatic carbocycles. The first-order valence-corrected chi connectivity index (χ1v) is 7.09. The van der Waals surface area contributed by atoms with Crippen molar-refractivity contribution in [1.82, 2.24) is 4.90 Å². The Balaban J connectivity index is 1.91. The lowest BCUT2D eigenvalue weighted by Crippen LogP contribution is -2.42. The van der Waals surface area contributed by atoms with E-state index < -0.39 is 0 Å². The Labute approximate surface area is 101 Å². The van der Waals surface area contributed by atoms with Gasteiger partial charge in [-0.2, -0.15) is 0 Å². The van der Waals surface area contributed by atoms with Crippen molar-refractivity contribution in [1.29, 1.82) is 0 Å². The average Bonchev–Trinajstić information content (AvgIpc) is 2.80. The summed E-state index contributed by atoms with van der Waals surface area (Å²) < 4.78 is 0. The lowest BCUT2D eigenvalue weighted by atomic mass is 10.0. The topological polar surface area (TPSA) is 29.3 Å². The van der Waals surface area contributed by atoms with Crippen molar-refractivity contribution < 1.29 is 0 Å². The second-order valence-corrected chi connectivity index (χ2v) is 6.47. The fourth-order valence-corrected chi connectivity index (χ4v) is 3.12. The van der Waals surface area contributed by atoms with Gasteiger partial charge in [0.25, 0.3) is 0 Å². The molecule has 0 bridgehead atoms. The molecule has 2 rings (SSSR count). The van der Waals surface area contributed by atoms with E-state index in [1.165, 1.54) is 51.6 Å². The standard InChI is InChI=1S/C14H28N2/c1-12(2)9-16(13-5-3-4-6-13)11-14(10-15)7-8-14/h12-13H,3-11,15H2,1-2H3. The highest BCUT2D eigenvalue weighted by molar-refractivity contribution is 4.97. The van der Waals surface area contributed by atoms with Gasteiger partial charge in [-0.05, 0) is 43.6 Å². The van der Waals surface area contributed by atoms with Gasteiger partial charge in [-0.3, -0.25) is 4.90 Å². The van der Waals surface area contributed by atoms with Crippen LogP contribution in [0.5, 0.6) is 0 Å². The number of hydrogen-bond donors (Lipinski definition) is 1. The molecular formula is C14H28N2. The lowest BCUT2D eigenvalue weighted by Gasteiger charge is -2.33. The Morgan fingerprint density at radius 3 is 2.31 bits per heavy atom. The van der Waals surface area contributed by atoms with Crippen LogP contribution >= 0.6 is 0 Å². The predicted molar refractivity (Wildman–Crippen MR) is 69.4 cm³/mol. The van der Waals surface area contributed by atoms with E-state index in [-0.39, 0.29) is 0 Å². The van der Waals surface area contributed by atoms with Crippen LogP contribution in [0.2, 0.25) is 0 Å². The molecule has 2 heteroatoms. The highest BCUT2D eigenvalue weighted by atomic mass is 15.2. The third-order valence-corrected chi connectivity index (χ3v) is 4.37. The van der Waals surface area contributed by atoms with E-state index in [1.807, 2.05) is 0 Å². The maximum Gasteiger partial charge on any atom is 0.00956 e. The van der Waals surface area contributed by atoms with Crippen LogP contribution in [0.15, 0.2) is 0 Å². The molecule has 2 N–H and O–H groups in total. The Bertz CT molecular complexity index is 215. The van der Waals surface area contributed by atoms with Crippen molar-refractivity contribution in [3.05, 3.63) is 0 Å². The number of nitrogens with two attached hydrogens (primary N) is 1. The highest BCUT2D eigenvalue weighted by Crippen LogP contribution is 2.46. The number of nitrogens with zero attached hydrogens (tertiary/aromatic N) is 1. The van der Waals surface area contributed by atoms with Crippen LogP contribution in [0, 0.1) is 11.3 Å². The molecule has 0 spiro atoms. The van der Waals surface area contributed by atoms with Gasteiger partial charge in [-0.1, -0.05) is 26.7 Å². The van der Waals surface area contributed by atoms with Crippen molar-refractivity contribution in [2.75, 3.05) is 19.6 Å². The maximum atomic E-state index is 5.92. The van der Waals surface area contributed by atoms with E-state index in [2.05, 4.69) is 18.7 Å². The Morgan fingerprint density at radius 2 is 1.88 bits per heavy atom. The smallest absolute Gasteiger partial charge is 0.00956 e. The van der Waals surface area contributed by atoms with Gasteiger partial charge in [0.1, 0.15) is 0 Å². The quantitative estimate of drug-likeness (QED) is 0.751. The van der Waals surface area contributed by atoms with E-state index in [1.54, 1.807) is 0 Å². The Kier molecular flexibility index (Phi) is 3.91. The van der Waals surface area contributed by atoms with E-state index >= 15 is 0 Å². The molecule has 0 amide bonds. The first kappa shape index (κ1) is 12.4. The molecule has 94 valence electrons. The molecule has 0 atom stereocenters. The molecule has 0 aromatic heterocycles. The summed E-state index contributed by atoms with van der Waals surface area (Å²) in [5.41, 5.74) is 6.43. The minimum absolute atomic E-state index is 0.511. The fourth-order valence-electron chi connectivity index (χ4n) is 3.12. The van der Waals surface area contributed by atoms with Crippen LogP contribution in [0.25, 0.3) is 0 Å². The molecule has 0 aromatic rings. The summed E-state index contributed by atoms with van der Waals surface area (Å²) in [6.45, 7) is 8.11. The van der Waals surface area contributed by atoms with Gasteiger partial charge in [-0.25, -0.2) is 0 Å². The lowest BCUT2D eigenvalue weighted by molar-refractivity contribution is 0.144. The van der Waals surface area contributed by atoms with Crippen LogP contribution in [-0.2, 0) is 0 Å². The molecule has 2 fully saturated rings. The zero-order chi connectivity index (χ0) is 11.6. The summed E-state index contributed by atoms with van der Waals surface area (Å²) in [5, 5.41) is 0. The van der Waals surface area contributed by atoms with Crippen LogP contribution in [-0.4, -0.2) is 30.6 Å². The largest absolute Gasteiger partial charge is 0.330 e. The number of rotatable bonds is 6. The first-order chi connectivity index (χ1) is 7.65. The van der Waals surface area contributed by atoms with Crippen LogP contribution in [0.1, 0.15) is 52.4 Å². The summed E-state index contributed by atoms with van der Waals surface area (Å²) in [6.07, 6.45) is 8.46. The molecule has 0 aliphatic heterocycles. The second kappa shape index (κ2) is 5.05. The van der Waals surface area contributed by atoms with Crippen molar-refractivity contribution in [3.63, 3.8) is 0 Å². The van der Waals surface area contributed by atoms with Crippen molar-refractivity contribution in [3.8, 4) is 0 Å². The summed E-state index contributed by atoms with van der Waals surface area (Å²) in [6, 6.07) is 0.867. The minimum atomic E-state index is 0.511. The molecule has 0 heterocycles. The van der Waals surface area contributed by atoms with Crippen LogP contribution in [0.4, 0.5) is 0 Å². The summed E-state index contributed by atoms with van der Waals surface area (Å²) >= 11 is 0. The Hall–Kier alpha value is -0.0800. The molecule has 2 aliphatic carbocycles. The molecule has 16 heavy (non-hydrogen) atoms.